The molecule has 2 aromatic carbocycles. The van der Waals surface area contributed by atoms with Gasteiger partial charge in [-0.3, -0.25) is 4.90 Å². The maximum absolute atomic E-state index is 13.0. The molecule has 2 aromatic rings. The zero-order valence-corrected chi connectivity index (χ0v) is 14.0. The minimum Gasteiger partial charge on any atom is -0.324 e. The summed E-state index contributed by atoms with van der Waals surface area (Å²) in [6, 6.07) is 19.2. The molecule has 0 spiro atoms. The number of aryl methyl sites for hydroxylation is 1. The molecule has 0 N–H and O–H groups in total. The van der Waals surface area contributed by atoms with Gasteiger partial charge in [0.1, 0.15) is 0 Å². The minimum atomic E-state index is 0.189. The maximum atomic E-state index is 13.0. The van der Waals surface area contributed by atoms with Crippen LogP contribution in [0.3, 0.4) is 0 Å². The third-order valence-corrected chi connectivity index (χ3v) is 5.38. The highest BCUT2D eigenvalue weighted by Crippen LogP contribution is 2.31. The number of carbonyl (C=O) groups is 1. The van der Waals surface area contributed by atoms with E-state index in [1.807, 2.05) is 15.9 Å². The van der Waals surface area contributed by atoms with Crippen LogP contribution >= 0.6 is 0 Å². The number of urea groups is 1. The van der Waals surface area contributed by atoms with Gasteiger partial charge in [-0.1, -0.05) is 48.5 Å². The van der Waals surface area contributed by atoms with Crippen LogP contribution in [0.1, 0.15) is 36.3 Å². The van der Waals surface area contributed by atoms with E-state index in [-0.39, 0.29) is 6.03 Å². The van der Waals surface area contributed by atoms with Crippen LogP contribution in [0.5, 0.6) is 0 Å². The van der Waals surface area contributed by atoms with Crippen molar-refractivity contribution in [3.63, 3.8) is 0 Å². The van der Waals surface area contributed by atoms with Crippen LogP contribution in [-0.4, -0.2) is 30.6 Å². The average Bonchev–Trinajstić information content (AvgIpc) is 2.68. The van der Waals surface area contributed by atoms with Crippen LogP contribution in [-0.2, 0) is 6.42 Å². The van der Waals surface area contributed by atoms with Gasteiger partial charge in [0.25, 0.3) is 0 Å². The monoisotopic (exact) mass is 320 g/mol. The van der Waals surface area contributed by atoms with Crippen molar-refractivity contribution >= 4 is 11.7 Å². The fourth-order valence-electron chi connectivity index (χ4n) is 4.03. The number of amides is 2. The molecular formula is C21H24N2O. The molecule has 0 aliphatic carbocycles. The third-order valence-electron chi connectivity index (χ3n) is 5.38. The second kappa shape index (κ2) is 6.68. The molecule has 1 saturated heterocycles. The number of nitrogens with zero attached hydrogens (tertiary/aromatic N) is 2. The molecule has 2 amide bonds. The largest absolute Gasteiger partial charge is 0.324 e. The quantitative estimate of drug-likeness (QED) is 0.762. The smallest absolute Gasteiger partial charge is 0.324 e. The SMILES string of the molecule is O=C(N1CCC(c2ccccc2)CC1)N1CCCc2ccccc21. The Labute approximate surface area is 143 Å². The van der Waals surface area contributed by atoms with E-state index in [4.69, 9.17) is 0 Å². The van der Waals surface area contributed by atoms with Crippen LogP contribution in [0, 0.1) is 0 Å². The van der Waals surface area contributed by atoms with Gasteiger partial charge in [-0.05, 0) is 48.8 Å². The number of para-hydroxylation sites is 1. The average molecular weight is 320 g/mol. The van der Waals surface area contributed by atoms with Crippen LogP contribution < -0.4 is 4.90 Å². The number of benzene rings is 2. The van der Waals surface area contributed by atoms with Gasteiger partial charge in [0.05, 0.1) is 0 Å². The summed E-state index contributed by atoms with van der Waals surface area (Å²) in [7, 11) is 0. The minimum absolute atomic E-state index is 0.189. The molecule has 2 aliphatic heterocycles. The molecule has 124 valence electrons. The fourth-order valence-corrected chi connectivity index (χ4v) is 4.03. The Morgan fingerprint density at radius 2 is 1.58 bits per heavy atom. The second-order valence-corrected chi connectivity index (χ2v) is 6.84. The number of carbonyl (C=O) groups excluding carboxylic acids is 1. The molecule has 0 aromatic heterocycles. The van der Waals surface area contributed by atoms with Crippen LogP contribution in [0.15, 0.2) is 54.6 Å². The molecule has 4 rings (SSSR count). The van der Waals surface area contributed by atoms with Gasteiger partial charge in [0.2, 0.25) is 0 Å². The molecule has 0 atom stereocenters. The van der Waals surface area contributed by atoms with Gasteiger partial charge >= 0.3 is 6.03 Å². The normalized spacial score (nSPS) is 18.3. The molecule has 1 fully saturated rings. The summed E-state index contributed by atoms with van der Waals surface area (Å²) in [6.07, 6.45) is 4.26. The number of hydrogen-bond donors (Lipinski definition) is 0. The number of piperidine rings is 1. The molecule has 2 heterocycles. The first-order valence-corrected chi connectivity index (χ1v) is 9.02. The Hall–Kier alpha value is -2.29. The predicted molar refractivity (Wildman–Crippen MR) is 97.5 cm³/mol. The number of likely N-dealkylation sites (tertiary alicyclic amines) is 1. The number of fused-ring (bicyclic) bond motifs is 1. The van der Waals surface area contributed by atoms with Crippen molar-refractivity contribution < 1.29 is 4.79 Å². The van der Waals surface area contributed by atoms with Gasteiger partial charge < -0.3 is 4.90 Å². The van der Waals surface area contributed by atoms with Crippen LogP contribution in [0.4, 0.5) is 10.5 Å². The summed E-state index contributed by atoms with van der Waals surface area (Å²) in [5.41, 5.74) is 3.82. The summed E-state index contributed by atoms with van der Waals surface area (Å²) >= 11 is 0. The Morgan fingerprint density at radius 3 is 2.38 bits per heavy atom. The molecular weight excluding hydrogens is 296 g/mol. The van der Waals surface area contributed by atoms with E-state index in [0.717, 1.165) is 51.0 Å². The lowest BCUT2D eigenvalue weighted by molar-refractivity contribution is 0.187. The Kier molecular flexibility index (Phi) is 4.24. The summed E-state index contributed by atoms with van der Waals surface area (Å²) < 4.78 is 0. The summed E-state index contributed by atoms with van der Waals surface area (Å²) in [4.78, 5) is 17.0. The molecule has 0 unspecified atom stereocenters. The fraction of sp³-hybridized carbons (Fsp3) is 0.381. The van der Waals surface area contributed by atoms with Crippen molar-refractivity contribution in [3.8, 4) is 0 Å². The molecule has 3 heteroatoms. The Bertz CT molecular complexity index is 705. The van der Waals surface area contributed by atoms with Crippen molar-refractivity contribution in [2.24, 2.45) is 0 Å². The molecule has 0 radical (unpaired) electrons. The first kappa shape index (κ1) is 15.3. The zero-order chi connectivity index (χ0) is 16.4. The van der Waals surface area contributed by atoms with Gasteiger partial charge in [-0.2, -0.15) is 0 Å². The maximum Gasteiger partial charge on any atom is 0.324 e. The highest BCUT2D eigenvalue weighted by molar-refractivity contribution is 5.93. The van der Waals surface area contributed by atoms with E-state index >= 15 is 0 Å². The third kappa shape index (κ3) is 2.91. The van der Waals surface area contributed by atoms with Crippen molar-refractivity contribution in [2.45, 2.75) is 31.6 Å². The molecule has 0 saturated carbocycles. The lowest BCUT2D eigenvalue weighted by atomic mass is 9.89. The van der Waals surface area contributed by atoms with Crippen LogP contribution in [0.2, 0.25) is 0 Å². The highest BCUT2D eigenvalue weighted by Gasteiger charge is 2.29. The first-order valence-electron chi connectivity index (χ1n) is 9.02. The second-order valence-electron chi connectivity index (χ2n) is 6.84. The summed E-state index contributed by atoms with van der Waals surface area (Å²) in [5, 5.41) is 0. The zero-order valence-electron chi connectivity index (χ0n) is 14.0. The van der Waals surface area contributed by atoms with Crippen molar-refractivity contribution in [3.05, 3.63) is 65.7 Å². The van der Waals surface area contributed by atoms with E-state index in [1.165, 1.54) is 11.1 Å². The Morgan fingerprint density at radius 1 is 0.875 bits per heavy atom. The van der Waals surface area contributed by atoms with E-state index in [0.29, 0.717) is 5.92 Å². The van der Waals surface area contributed by atoms with Crippen LogP contribution in [0.25, 0.3) is 0 Å². The molecule has 24 heavy (non-hydrogen) atoms. The van der Waals surface area contributed by atoms with E-state index in [2.05, 4.69) is 48.5 Å². The lowest BCUT2D eigenvalue weighted by Crippen LogP contribution is -2.48. The van der Waals surface area contributed by atoms with Gasteiger partial charge in [0, 0.05) is 25.3 Å². The number of rotatable bonds is 1. The van der Waals surface area contributed by atoms with E-state index in [9.17, 15) is 4.79 Å². The van der Waals surface area contributed by atoms with Crippen molar-refractivity contribution in [2.75, 3.05) is 24.5 Å². The lowest BCUT2D eigenvalue weighted by Gasteiger charge is -2.38. The highest BCUT2D eigenvalue weighted by atomic mass is 16.2. The Balaban J connectivity index is 1.44. The van der Waals surface area contributed by atoms with Crippen molar-refractivity contribution in [1.29, 1.82) is 0 Å². The predicted octanol–water partition coefficient (Wildman–Crippen LogP) is 4.44. The number of hydrogen-bond acceptors (Lipinski definition) is 1. The molecule has 2 aliphatic rings. The topological polar surface area (TPSA) is 23.6 Å². The van der Waals surface area contributed by atoms with Gasteiger partial charge in [0.15, 0.2) is 0 Å². The summed E-state index contributed by atoms with van der Waals surface area (Å²) in [5.74, 6) is 0.587. The number of anilines is 1. The summed E-state index contributed by atoms with van der Waals surface area (Å²) in [6.45, 7) is 2.56. The molecule has 0 bridgehead atoms. The first-order chi connectivity index (χ1) is 11.8. The van der Waals surface area contributed by atoms with E-state index < -0.39 is 0 Å². The van der Waals surface area contributed by atoms with Gasteiger partial charge in [-0.25, -0.2) is 4.79 Å². The van der Waals surface area contributed by atoms with Gasteiger partial charge in [-0.15, -0.1) is 0 Å². The van der Waals surface area contributed by atoms with Crippen molar-refractivity contribution in [1.82, 2.24) is 4.90 Å². The molecule has 3 nitrogen and oxygen atoms in total. The standard InChI is InChI=1S/C21H24N2O/c24-21(23-14-6-10-19-9-4-5-11-20(19)23)22-15-12-18(13-16-22)17-7-2-1-3-8-17/h1-5,7-9,11,18H,6,10,12-16H2. The van der Waals surface area contributed by atoms with E-state index in [1.54, 1.807) is 0 Å².